The second-order valence-corrected chi connectivity index (χ2v) is 9.39. The van der Waals surface area contributed by atoms with E-state index in [-0.39, 0.29) is 18.7 Å². The van der Waals surface area contributed by atoms with E-state index in [1.54, 1.807) is 24.5 Å². The molecule has 202 valence electrons. The van der Waals surface area contributed by atoms with Gasteiger partial charge in [-0.05, 0) is 74.4 Å². The van der Waals surface area contributed by atoms with E-state index in [0.717, 1.165) is 55.7 Å². The van der Waals surface area contributed by atoms with Gasteiger partial charge in [0, 0.05) is 44.8 Å². The quantitative estimate of drug-likeness (QED) is 0.292. The van der Waals surface area contributed by atoms with Crippen molar-refractivity contribution in [3.05, 3.63) is 53.5 Å². The number of aliphatic carboxylic acids is 1. The first-order valence-electron chi connectivity index (χ1n) is 12.9. The molecular weight excluding hydrogens is 477 g/mol. The monoisotopic (exact) mass is 515 g/mol. The molecule has 0 saturated carbocycles. The molecule has 1 aliphatic rings. The number of aryl methyl sites for hydroxylation is 2. The molecule has 0 radical (unpaired) electrons. The Bertz CT molecular complexity index is 990. The largest absolute Gasteiger partial charge is 0.480 e. The average Bonchev–Trinajstić information content (AvgIpc) is 2.91. The minimum absolute atomic E-state index is 0.0792. The number of nitrogens with one attached hydrogen (secondary N) is 2. The Hall–Kier alpha value is -3.11. The van der Waals surface area contributed by atoms with Crippen LogP contribution in [0.2, 0.25) is 0 Å². The first kappa shape index (κ1) is 28.5. The summed E-state index contributed by atoms with van der Waals surface area (Å²) in [6, 6.07) is 6.63. The highest BCUT2D eigenvalue weighted by Crippen LogP contribution is 2.20. The van der Waals surface area contributed by atoms with Gasteiger partial charge >= 0.3 is 5.97 Å². The molecule has 37 heavy (non-hydrogen) atoms. The number of amides is 1. The van der Waals surface area contributed by atoms with Gasteiger partial charge in [-0.15, -0.1) is 0 Å². The number of pyridine rings is 2. The molecule has 2 aromatic rings. The van der Waals surface area contributed by atoms with Gasteiger partial charge in [-0.1, -0.05) is 6.07 Å². The summed E-state index contributed by atoms with van der Waals surface area (Å²) >= 11 is 0. The van der Waals surface area contributed by atoms with E-state index in [2.05, 4.69) is 27.8 Å². The molecule has 0 fully saturated rings. The van der Waals surface area contributed by atoms with Crippen LogP contribution in [0.3, 0.4) is 0 Å². The number of nitrogens with zero attached hydrogens (tertiary/aromatic N) is 3. The molecule has 10 heteroatoms. The number of carbonyl (C=O) groups is 2. The number of carboxylic acid groups (broad SMARTS) is 1. The zero-order chi connectivity index (χ0) is 26.5. The average molecular weight is 516 g/mol. The van der Waals surface area contributed by atoms with Crippen LogP contribution < -0.4 is 10.6 Å². The van der Waals surface area contributed by atoms with Crippen molar-refractivity contribution in [1.29, 1.82) is 0 Å². The normalized spacial score (nSPS) is 14.5. The number of fused-ring (bicyclic) bond motifs is 1. The molecule has 2 unspecified atom stereocenters. The standard InChI is InChI=1S/C27H38FN5O4/c1-37-23(18-28)19-33(15-3-2-6-22-8-7-21-5-4-12-30-26(21)31-22)16-11-24(27(35)36)32-25(34)17-20-9-13-29-14-10-20/h7-10,13-14,23-24H,2-6,11-12,15-19H2,1H3,(H,30,31)(H,32,34)(H,35,36). The van der Waals surface area contributed by atoms with E-state index in [0.29, 0.717) is 19.6 Å². The van der Waals surface area contributed by atoms with Gasteiger partial charge in [0.1, 0.15) is 18.5 Å². The molecule has 0 aliphatic carbocycles. The van der Waals surface area contributed by atoms with Gasteiger partial charge in [0.2, 0.25) is 5.91 Å². The van der Waals surface area contributed by atoms with Crippen LogP contribution in [0.15, 0.2) is 36.7 Å². The highest BCUT2D eigenvalue weighted by molar-refractivity contribution is 5.84. The maximum absolute atomic E-state index is 13.4. The number of halogens is 1. The van der Waals surface area contributed by atoms with E-state index in [9.17, 15) is 19.1 Å². The van der Waals surface area contributed by atoms with Crippen molar-refractivity contribution in [2.24, 2.45) is 0 Å². The number of methoxy groups -OCH3 is 1. The molecule has 2 aromatic heterocycles. The lowest BCUT2D eigenvalue weighted by molar-refractivity contribution is -0.142. The Morgan fingerprint density at radius 3 is 2.76 bits per heavy atom. The van der Waals surface area contributed by atoms with Crippen molar-refractivity contribution in [2.45, 2.75) is 57.1 Å². The Balaban J connectivity index is 1.50. The number of anilines is 1. The van der Waals surface area contributed by atoms with Crippen LogP contribution in [0.4, 0.5) is 10.2 Å². The second-order valence-electron chi connectivity index (χ2n) is 9.39. The van der Waals surface area contributed by atoms with Crippen LogP contribution in [0.5, 0.6) is 0 Å². The van der Waals surface area contributed by atoms with Crippen molar-refractivity contribution < 1.29 is 23.8 Å². The van der Waals surface area contributed by atoms with Gasteiger partial charge < -0.3 is 25.4 Å². The highest BCUT2D eigenvalue weighted by atomic mass is 19.1. The fourth-order valence-electron chi connectivity index (χ4n) is 4.42. The first-order valence-corrected chi connectivity index (χ1v) is 12.9. The summed E-state index contributed by atoms with van der Waals surface area (Å²) in [5.41, 5.74) is 3.06. The maximum Gasteiger partial charge on any atom is 0.326 e. The molecule has 0 spiro atoms. The fourth-order valence-corrected chi connectivity index (χ4v) is 4.42. The third-order valence-corrected chi connectivity index (χ3v) is 6.56. The van der Waals surface area contributed by atoms with Gasteiger partial charge in [0.15, 0.2) is 0 Å². The lowest BCUT2D eigenvalue weighted by Gasteiger charge is -2.27. The van der Waals surface area contributed by atoms with Crippen LogP contribution in [-0.4, -0.2) is 84.0 Å². The van der Waals surface area contributed by atoms with Crippen LogP contribution in [0.1, 0.15) is 42.5 Å². The SMILES string of the molecule is COC(CF)CN(CCCCc1ccc2c(n1)NCCC2)CCC(NC(=O)Cc1ccncc1)C(=O)O. The number of hydrogen-bond donors (Lipinski definition) is 3. The van der Waals surface area contributed by atoms with Crippen LogP contribution in [0.25, 0.3) is 0 Å². The highest BCUT2D eigenvalue weighted by Gasteiger charge is 2.22. The Labute approximate surface area is 217 Å². The summed E-state index contributed by atoms with van der Waals surface area (Å²) in [6.45, 7) is 1.75. The van der Waals surface area contributed by atoms with Crippen molar-refractivity contribution in [3.8, 4) is 0 Å². The van der Waals surface area contributed by atoms with Crippen molar-refractivity contribution in [1.82, 2.24) is 20.2 Å². The topological polar surface area (TPSA) is 117 Å². The third kappa shape index (κ3) is 9.70. The van der Waals surface area contributed by atoms with Crippen molar-refractivity contribution in [2.75, 3.05) is 45.3 Å². The Kier molecular flexibility index (Phi) is 11.7. The molecule has 0 aromatic carbocycles. The van der Waals surface area contributed by atoms with Gasteiger partial charge in [0.05, 0.1) is 12.5 Å². The predicted octanol–water partition coefficient (Wildman–Crippen LogP) is 2.65. The zero-order valence-electron chi connectivity index (χ0n) is 21.5. The predicted molar refractivity (Wildman–Crippen MR) is 139 cm³/mol. The lowest BCUT2D eigenvalue weighted by Crippen LogP contribution is -2.45. The van der Waals surface area contributed by atoms with Crippen molar-refractivity contribution in [3.63, 3.8) is 0 Å². The summed E-state index contributed by atoms with van der Waals surface area (Å²) in [6.07, 6.45) is 7.65. The first-order chi connectivity index (χ1) is 18.0. The number of aromatic nitrogens is 2. The molecule has 0 bridgehead atoms. The maximum atomic E-state index is 13.4. The van der Waals surface area contributed by atoms with Crippen molar-refractivity contribution >= 4 is 17.7 Å². The zero-order valence-corrected chi connectivity index (χ0v) is 21.5. The summed E-state index contributed by atoms with van der Waals surface area (Å²) in [7, 11) is 1.47. The van der Waals surface area contributed by atoms with Crippen LogP contribution in [0, 0.1) is 0 Å². The Morgan fingerprint density at radius 1 is 1.22 bits per heavy atom. The number of hydrogen-bond acceptors (Lipinski definition) is 7. The van der Waals surface area contributed by atoms with Gasteiger partial charge in [-0.25, -0.2) is 14.2 Å². The van der Waals surface area contributed by atoms with E-state index in [4.69, 9.17) is 9.72 Å². The molecule has 1 aliphatic heterocycles. The lowest BCUT2D eigenvalue weighted by atomic mass is 10.1. The molecule has 2 atom stereocenters. The van der Waals surface area contributed by atoms with Crippen LogP contribution in [-0.2, 0) is 33.6 Å². The van der Waals surface area contributed by atoms with E-state index < -0.39 is 24.8 Å². The van der Waals surface area contributed by atoms with Gasteiger partial charge in [-0.2, -0.15) is 0 Å². The summed E-state index contributed by atoms with van der Waals surface area (Å²) in [5, 5.41) is 15.6. The fraction of sp³-hybridized carbons (Fsp3) is 0.556. The van der Waals surface area contributed by atoms with E-state index in [1.165, 1.54) is 12.7 Å². The van der Waals surface area contributed by atoms with Gasteiger partial charge in [0.25, 0.3) is 0 Å². The third-order valence-electron chi connectivity index (χ3n) is 6.56. The van der Waals surface area contributed by atoms with Gasteiger partial charge in [-0.3, -0.25) is 9.78 Å². The molecular formula is C27H38FN5O4. The summed E-state index contributed by atoms with van der Waals surface area (Å²) in [4.78, 5) is 34.9. The molecule has 1 amide bonds. The van der Waals surface area contributed by atoms with E-state index in [1.807, 2.05) is 4.90 Å². The summed E-state index contributed by atoms with van der Waals surface area (Å²) < 4.78 is 18.6. The smallest absolute Gasteiger partial charge is 0.326 e. The van der Waals surface area contributed by atoms with Crippen LogP contribution >= 0.6 is 0 Å². The number of unbranched alkanes of at least 4 members (excludes halogenated alkanes) is 1. The molecule has 3 heterocycles. The summed E-state index contributed by atoms with van der Waals surface area (Å²) in [5.74, 6) is -0.471. The number of alkyl halides is 1. The minimum atomic E-state index is -1.09. The molecule has 9 nitrogen and oxygen atoms in total. The molecule has 3 N–H and O–H groups in total. The number of ether oxygens (including phenoxy) is 1. The van der Waals surface area contributed by atoms with E-state index >= 15 is 0 Å². The number of carboxylic acids is 1. The minimum Gasteiger partial charge on any atom is -0.480 e. The number of carbonyl (C=O) groups excluding carboxylic acids is 1. The number of rotatable bonds is 16. The molecule has 0 saturated heterocycles. The second kappa shape index (κ2) is 15.2. The Morgan fingerprint density at radius 2 is 2.03 bits per heavy atom. The molecule has 3 rings (SSSR count).